The van der Waals surface area contributed by atoms with Crippen LogP contribution in [0.5, 0.6) is 0 Å². The lowest BCUT2D eigenvalue weighted by atomic mass is 9.96. The molecule has 4 rings (SSSR count). The van der Waals surface area contributed by atoms with Gasteiger partial charge in [0, 0.05) is 22.7 Å². The number of nitrogens with zero attached hydrogens (tertiary/aromatic N) is 5. The Morgan fingerprint density at radius 3 is 2.53 bits per heavy atom. The number of pyridine rings is 1. The molecule has 3 heterocycles. The highest BCUT2D eigenvalue weighted by Crippen LogP contribution is 2.26. The highest BCUT2D eigenvalue weighted by molar-refractivity contribution is 5.89. The molecule has 0 bridgehead atoms. The number of rotatable bonds is 7. The van der Waals surface area contributed by atoms with Gasteiger partial charge in [0.1, 0.15) is 12.1 Å². The molecule has 0 spiro atoms. The molecule has 1 amide bonds. The van der Waals surface area contributed by atoms with Crippen LogP contribution < -0.4 is 10.6 Å². The van der Waals surface area contributed by atoms with Crippen molar-refractivity contribution in [1.82, 2.24) is 30.4 Å². The second-order valence-electron chi connectivity index (χ2n) is 9.74. The Balaban J connectivity index is 1.47. The second kappa shape index (κ2) is 10.2. The summed E-state index contributed by atoms with van der Waals surface area (Å²) in [6.07, 6.45) is 4.23. The van der Waals surface area contributed by atoms with Crippen LogP contribution in [0, 0.1) is 6.92 Å². The van der Waals surface area contributed by atoms with E-state index < -0.39 is 5.91 Å². The number of hydrogen-bond donors (Lipinski definition) is 2. The van der Waals surface area contributed by atoms with Crippen LogP contribution in [0.15, 0.2) is 53.4 Å². The van der Waals surface area contributed by atoms with Gasteiger partial charge in [-0.05, 0) is 49.6 Å². The van der Waals surface area contributed by atoms with Crippen molar-refractivity contribution in [1.29, 1.82) is 0 Å². The minimum absolute atomic E-state index is 0.0402. The molecule has 9 nitrogen and oxygen atoms in total. The lowest BCUT2D eigenvalue weighted by Crippen LogP contribution is -2.27. The van der Waals surface area contributed by atoms with Crippen molar-refractivity contribution in [2.75, 3.05) is 5.32 Å². The van der Waals surface area contributed by atoms with E-state index in [0.29, 0.717) is 11.6 Å². The third kappa shape index (κ3) is 5.73. The summed E-state index contributed by atoms with van der Waals surface area (Å²) in [6, 6.07) is 11.7. The van der Waals surface area contributed by atoms with Crippen LogP contribution in [0.3, 0.4) is 0 Å². The molecule has 0 saturated carbocycles. The van der Waals surface area contributed by atoms with Crippen molar-refractivity contribution >= 4 is 17.4 Å². The monoisotopic (exact) mass is 485 g/mol. The van der Waals surface area contributed by atoms with Gasteiger partial charge in [-0.1, -0.05) is 45.0 Å². The van der Waals surface area contributed by atoms with Crippen molar-refractivity contribution in [3.8, 4) is 11.3 Å². The van der Waals surface area contributed by atoms with Crippen molar-refractivity contribution in [3.05, 3.63) is 77.5 Å². The van der Waals surface area contributed by atoms with Gasteiger partial charge in [-0.25, -0.2) is 9.97 Å². The maximum Gasteiger partial charge on any atom is 0.315 e. The van der Waals surface area contributed by atoms with Gasteiger partial charge in [0.15, 0.2) is 5.82 Å². The summed E-state index contributed by atoms with van der Waals surface area (Å²) in [5.41, 5.74) is 5.35. The molecular weight excluding hydrogens is 454 g/mol. The van der Waals surface area contributed by atoms with Gasteiger partial charge in [-0.15, -0.1) is 0 Å². The molecule has 0 fully saturated rings. The first kappa shape index (κ1) is 25.0. The molecule has 4 aromatic rings. The number of nitrogens with one attached hydrogen (secondary N) is 2. The van der Waals surface area contributed by atoms with Gasteiger partial charge in [0.25, 0.3) is 0 Å². The van der Waals surface area contributed by atoms with E-state index in [0.717, 1.165) is 40.2 Å². The van der Waals surface area contributed by atoms with Gasteiger partial charge in [-0.2, -0.15) is 4.98 Å². The summed E-state index contributed by atoms with van der Waals surface area (Å²) < 4.78 is 5.16. The quantitative estimate of drug-likeness (QED) is 0.361. The minimum atomic E-state index is -0.401. The molecule has 0 aliphatic carbocycles. The molecular formula is C27H31N7O2. The second-order valence-corrected chi connectivity index (χ2v) is 9.74. The molecule has 36 heavy (non-hydrogen) atoms. The smallest absolute Gasteiger partial charge is 0.315 e. The fourth-order valence-electron chi connectivity index (χ4n) is 3.72. The number of hydrogen-bond acceptors (Lipinski definition) is 8. The van der Waals surface area contributed by atoms with E-state index in [9.17, 15) is 4.79 Å². The Hall–Kier alpha value is -4.14. The lowest BCUT2D eigenvalue weighted by molar-refractivity contribution is 0.0895. The highest BCUT2D eigenvalue weighted by Gasteiger charge is 2.25. The third-order valence-electron chi connectivity index (χ3n) is 5.80. The summed E-state index contributed by atoms with van der Waals surface area (Å²) in [4.78, 5) is 30.1. The number of benzene rings is 1. The molecule has 0 unspecified atom stereocenters. The number of amides is 1. The fraction of sp³-hybridized carbons (Fsp3) is 0.333. The maximum absolute atomic E-state index is 12.7. The van der Waals surface area contributed by atoms with Crippen LogP contribution in [-0.2, 0) is 11.8 Å². The average Bonchev–Trinajstić information content (AvgIpc) is 3.36. The van der Waals surface area contributed by atoms with Crippen molar-refractivity contribution in [3.63, 3.8) is 0 Å². The largest absolute Gasteiger partial charge is 0.341 e. The number of carbonyl (C=O) groups excluding carboxylic acids is 1. The van der Waals surface area contributed by atoms with Gasteiger partial charge in [-0.3, -0.25) is 9.78 Å². The third-order valence-corrected chi connectivity index (χ3v) is 5.80. The van der Waals surface area contributed by atoms with Crippen LogP contribution in [0.2, 0.25) is 0 Å². The zero-order valence-corrected chi connectivity index (χ0v) is 21.5. The molecule has 0 saturated heterocycles. The van der Waals surface area contributed by atoms with E-state index >= 15 is 0 Å². The highest BCUT2D eigenvalue weighted by atomic mass is 16.5. The van der Waals surface area contributed by atoms with Crippen molar-refractivity contribution in [2.24, 2.45) is 0 Å². The first-order valence-corrected chi connectivity index (χ1v) is 11.9. The number of aromatic nitrogens is 5. The van der Waals surface area contributed by atoms with E-state index in [1.54, 1.807) is 6.20 Å². The zero-order chi connectivity index (χ0) is 25.9. The number of carbonyl (C=O) groups is 1. The molecule has 186 valence electrons. The molecule has 0 aliphatic rings. The first-order chi connectivity index (χ1) is 17.1. The molecule has 1 aromatic carbocycles. The van der Waals surface area contributed by atoms with Crippen LogP contribution in [0.25, 0.3) is 11.3 Å². The molecule has 9 heteroatoms. The number of anilines is 2. The average molecular weight is 486 g/mol. The van der Waals surface area contributed by atoms with Gasteiger partial charge in [0.2, 0.25) is 0 Å². The van der Waals surface area contributed by atoms with E-state index in [2.05, 4.69) is 42.6 Å². The van der Waals surface area contributed by atoms with Crippen LogP contribution in [-0.4, -0.2) is 31.0 Å². The Kier molecular flexibility index (Phi) is 7.10. The summed E-state index contributed by atoms with van der Waals surface area (Å²) in [5, 5.41) is 10.1. The van der Waals surface area contributed by atoms with E-state index in [4.69, 9.17) is 4.52 Å². The summed E-state index contributed by atoms with van der Waals surface area (Å²) in [7, 11) is 0. The van der Waals surface area contributed by atoms with Gasteiger partial charge >= 0.3 is 11.8 Å². The minimum Gasteiger partial charge on any atom is -0.341 e. The van der Waals surface area contributed by atoms with Gasteiger partial charge in [0.05, 0.1) is 23.6 Å². The SMILES string of the molecule is CCc1ccc(Nc2cc(-c3ccc([C@@H](C)NC(=O)c4nc(C(C)(C)C)no4)c(C)c3)ncn2)cn1. The Bertz CT molecular complexity index is 1360. The topological polar surface area (TPSA) is 119 Å². The maximum atomic E-state index is 12.7. The molecule has 3 aromatic heterocycles. The van der Waals surface area contributed by atoms with E-state index in [1.165, 1.54) is 6.33 Å². The summed E-state index contributed by atoms with van der Waals surface area (Å²) in [5.74, 6) is 0.736. The first-order valence-electron chi connectivity index (χ1n) is 11.9. The molecule has 2 N–H and O–H groups in total. The zero-order valence-electron chi connectivity index (χ0n) is 21.5. The number of aryl methyl sites for hydroxylation is 2. The predicted molar refractivity (Wildman–Crippen MR) is 138 cm³/mol. The van der Waals surface area contributed by atoms with Crippen LogP contribution in [0.4, 0.5) is 11.5 Å². The normalized spacial score (nSPS) is 12.3. The Morgan fingerprint density at radius 1 is 1.08 bits per heavy atom. The summed E-state index contributed by atoms with van der Waals surface area (Å²) in [6.45, 7) is 11.9. The fourth-order valence-corrected chi connectivity index (χ4v) is 3.72. The molecule has 0 radical (unpaired) electrons. The van der Waals surface area contributed by atoms with Crippen LogP contribution >= 0.6 is 0 Å². The van der Waals surface area contributed by atoms with E-state index in [1.807, 2.05) is 71.0 Å². The molecule has 1 atom stereocenters. The van der Waals surface area contributed by atoms with Gasteiger partial charge < -0.3 is 15.2 Å². The predicted octanol–water partition coefficient (Wildman–Crippen LogP) is 5.32. The summed E-state index contributed by atoms with van der Waals surface area (Å²) >= 11 is 0. The standard InChI is InChI=1S/C27H31N7O2/c1-7-19-9-10-20(14-28-19)32-23-13-22(29-15-30-23)18-8-11-21(16(2)12-18)17(3)31-24(35)25-33-26(34-36-25)27(4,5)6/h8-15,17H,7H2,1-6H3,(H,31,35)(H,29,30,32)/t17-/m1/s1. The van der Waals surface area contributed by atoms with E-state index in [-0.39, 0.29) is 17.3 Å². The Labute approximate surface area is 210 Å². The van der Waals surface area contributed by atoms with Crippen LogP contribution in [0.1, 0.15) is 74.0 Å². The Morgan fingerprint density at radius 2 is 1.89 bits per heavy atom. The lowest BCUT2D eigenvalue weighted by Gasteiger charge is -2.16. The molecule has 0 aliphatic heterocycles. The van der Waals surface area contributed by atoms with Crippen molar-refractivity contribution < 1.29 is 9.32 Å². The van der Waals surface area contributed by atoms with Crippen molar-refractivity contribution in [2.45, 2.75) is 59.4 Å².